The maximum absolute atomic E-state index is 11.3. The van der Waals surface area contributed by atoms with Gasteiger partial charge in [-0.2, -0.15) is 0 Å². The van der Waals surface area contributed by atoms with Crippen LogP contribution in [-0.2, 0) is 14.8 Å². The first-order chi connectivity index (χ1) is 6.14. The van der Waals surface area contributed by atoms with Gasteiger partial charge in [0.05, 0.1) is 12.4 Å². The van der Waals surface area contributed by atoms with Crippen molar-refractivity contribution in [1.82, 2.24) is 10.0 Å². The highest BCUT2D eigenvalue weighted by atomic mass is 32.2. The van der Waals surface area contributed by atoms with Crippen molar-refractivity contribution in [3.63, 3.8) is 0 Å². The van der Waals surface area contributed by atoms with Crippen molar-refractivity contribution in [2.24, 2.45) is 0 Å². The largest absolute Gasteiger partial charge is 0.380 e. The van der Waals surface area contributed by atoms with E-state index in [0.29, 0.717) is 19.8 Å². The number of hydrogen-bond acceptors (Lipinski definition) is 4. The van der Waals surface area contributed by atoms with E-state index in [0.717, 1.165) is 6.42 Å². The molecule has 1 atom stereocenters. The topological polar surface area (TPSA) is 67.4 Å². The molecule has 0 aromatic heterocycles. The Labute approximate surface area is 78.9 Å². The van der Waals surface area contributed by atoms with Crippen molar-refractivity contribution >= 4 is 10.0 Å². The van der Waals surface area contributed by atoms with E-state index in [2.05, 4.69) is 10.0 Å². The summed E-state index contributed by atoms with van der Waals surface area (Å²) in [4.78, 5) is 0. The molecule has 0 radical (unpaired) electrons. The Morgan fingerprint density at radius 3 is 2.85 bits per heavy atom. The second-order valence-electron chi connectivity index (χ2n) is 3.10. The van der Waals surface area contributed by atoms with Gasteiger partial charge < -0.3 is 10.1 Å². The quantitative estimate of drug-likeness (QED) is 0.603. The van der Waals surface area contributed by atoms with Crippen LogP contribution in [0.25, 0.3) is 0 Å². The van der Waals surface area contributed by atoms with Crippen LogP contribution in [0.1, 0.15) is 6.42 Å². The fraction of sp³-hybridized carbons (Fsp3) is 1.00. The molecule has 0 aromatic carbocycles. The number of hydrogen-bond donors (Lipinski definition) is 2. The minimum Gasteiger partial charge on any atom is -0.380 e. The first kappa shape index (κ1) is 10.9. The Hall–Kier alpha value is -0.170. The molecule has 0 aromatic rings. The third-order valence-electron chi connectivity index (χ3n) is 1.90. The van der Waals surface area contributed by atoms with Crippen LogP contribution >= 0.6 is 0 Å². The van der Waals surface area contributed by atoms with Crippen molar-refractivity contribution in [2.75, 3.05) is 32.6 Å². The molecule has 0 saturated carbocycles. The smallest absolute Gasteiger partial charge is 0.213 e. The lowest BCUT2D eigenvalue weighted by Crippen LogP contribution is -2.38. The highest BCUT2D eigenvalue weighted by Gasteiger charge is 2.21. The summed E-state index contributed by atoms with van der Waals surface area (Å²) in [5, 5.41) is 2.80. The van der Waals surface area contributed by atoms with Crippen LogP contribution in [0.2, 0.25) is 0 Å². The van der Waals surface area contributed by atoms with E-state index in [9.17, 15) is 8.42 Å². The summed E-state index contributed by atoms with van der Waals surface area (Å²) in [6, 6.07) is -0.0261. The first-order valence-electron chi connectivity index (χ1n) is 4.36. The van der Waals surface area contributed by atoms with Gasteiger partial charge >= 0.3 is 0 Å². The molecule has 78 valence electrons. The number of rotatable bonds is 5. The van der Waals surface area contributed by atoms with Crippen LogP contribution in [0.4, 0.5) is 0 Å². The summed E-state index contributed by atoms with van der Waals surface area (Å²) in [6.07, 6.45) is 0.777. The van der Waals surface area contributed by atoms with Crippen LogP contribution in [0.5, 0.6) is 0 Å². The van der Waals surface area contributed by atoms with E-state index in [1.54, 1.807) is 7.05 Å². The summed E-state index contributed by atoms with van der Waals surface area (Å²) < 4.78 is 30.3. The van der Waals surface area contributed by atoms with E-state index >= 15 is 0 Å². The Morgan fingerprint density at radius 2 is 2.31 bits per heavy atom. The Balaban J connectivity index is 2.32. The fourth-order valence-corrected chi connectivity index (χ4v) is 2.46. The lowest BCUT2D eigenvalue weighted by molar-refractivity contribution is 0.192. The monoisotopic (exact) mass is 208 g/mol. The predicted molar refractivity (Wildman–Crippen MR) is 50.1 cm³/mol. The maximum Gasteiger partial charge on any atom is 0.213 e. The molecule has 1 heterocycles. The molecule has 1 unspecified atom stereocenters. The molecule has 0 spiro atoms. The molecule has 1 fully saturated rings. The van der Waals surface area contributed by atoms with E-state index in [1.807, 2.05) is 0 Å². The van der Waals surface area contributed by atoms with Crippen LogP contribution in [0, 0.1) is 0 Å². The molecular weight excluding hydrogens is 192 g/mol. The normalized spacial score (nSPS) is 23.6. The zero-order valence-corrected chi connectivity index (χ0v) is 8.56. The van der Waals surface area contributed by atoms with Crippen LogP contribution < -0.4 is 10.0 Å². The first-order valence-corrected chi connectivity index (χ1v) is 6.01. The average Bonchev–Trinajstić information content (AvgIpc) is 2.52. The molecule has 0 amide bonds. The van der Waals surface area contributed by atoms with E-state index < -0.39 is 10.0 Å². The Kier molecular flexibility index (Phi) is 4.11. The number of sulfonamides is 1. The van der Waals surface area contributed by atoms with Gasteiger partial charge in [-0.3, -0.25) is 0 Å². The van der Waals surface area contributed by atoms with Crippen LogP contribution in [0.3, 0.4) is 0 Å². The van der Waals surface area contributed by atoms with Crippen molar-refractivity contribution in [3.8, 4) is 0 Å². The van der Waals surface area contributed by atoms with Crippen LogP contribution in [0.15, 0.2) is 0 Å². The summed E-state index contributed by atoms with van der Waals surface area (Å²) >= 11 is 0. The predicted octanol–water partition coefficient (Wildman–Crippen LogP) is -1.09. The van der Waals surface area contributed by atoms with Crippen molar-refractivity contribution in [2.45, 2.75) is 12.5 Å². The molecule has 5 nitrogen and oxygen atoms in total. The molecule has 1 saturated heterocycles. The molecule has 6 heteroatoms. The molecular formula is C7H16N2O3S. The van der Waals surface area contributed by atoms with Gasteiger partial charge in [-0.05, 0) is 13.5 Å². The van der Waals surface area contributed by atoms with Gasteiger partial charge in [0, 0.05) is 19.2 Å². The zero-order chi connectivity index (χ0) is 9.73. The minimum atomic E-state index is -3.12. The highest BCUT2D eigenvalue weighted by Crippen LogP contribution is 2.04. The van der Waals surface area contributed by atoms with Crippen molar-refractivity contribution < 1.29 is 13.2 Å². The van der Waals surface area contributed by atoms with Gasteiger partial charge in [-0.25, -0.2) is 13.1 Å². The third-order valence-corrected chi connectivity index (χ3v) is 3.33. The molecule has 1 aliphatic heterocycles. The van der Waals surface area contributed by atoms with Gasteiger partial charge in [-0.1, -0.05) is 0 Å². The van der Waals surface area contributed by atoms with Gasteiger partial charge in [0.2, 0.25) is 10.0 Å². The van der Waals surface area contributed by atoms with E-state index in [4.69, 9.17) is 4.74 Å². The van der Waals surface area contributed by atoms with E-state index in [-0.39, 0.29) is 11.8 Å². The number of ether oxygens (including phenoxy) is 1. The van der Waals surface area contributed by atoms with Gasteiger partial charge in [0.25, 0.3) is 0 Å². The van der Waals surface area contributed by atoms with Crippen molar-refractivity contribution in [1.29, 1.82) is 0 Å². The lowest BCUT2D eigenvalue weighted by Gasteiger charge is -2.10. The molecule has 1 aliphatic rings. The summed E-state index contributed by atoms with van der Waals surface area (Å²) in [5.74, 6) is 0.125. The minimum absolute atomic E-state index is 0.0261. The lowest BCUT2D eigenvalue weighted by atomic mass is 10.3. The highest BCUT2D eigenvalue weighted by molar-refractivity contribution is 7.89. The maximum atomic E-state index is 11.3. The molecule has 0 aliphatic carbocycles. The second-order valence-corrected chi connectivity index (χ2v) is 4.97. The zero-order valence-electron chi connectivity index (χ0n) is 7.75. The standard InChI is InChI=1S/C7H16N2O3S/c1-8-3-5-13(10,11)9-7-2-4-12-6-7/h7-9H,2-6H2,1H3. The third kappa shape index (κ3) is 4.04. The number of nitrogens with one attached hydrogen (secondary N) is 2. The summed E-state index contributed by atoms with van der Waals surface area (Å²) in [6.45, 7) is 1.63. The summed E-state index contributed by atoms with van der Waals surface area (Å²) in [5.41, 5.74) is 0. The molecule has 1 rings (SSSR count). The average molecular weight is 208 g/mol. The van der Waals surface area contributed by atoms with E-state index in [1.165, 1.54) is 0 Å². The fourth-order valence-electron chi connectivity index (χ4n) is 1.18. The van der Waals surface area contributed by atoms with Gasteiger partial charge in [0.15, 0.2) is 0 Å². The van der Waals surface area contributed by atoms with Gasteiger partial charge in [-0.15, -0.1) is 0 Å². The Morgan fingerprint density at radius 1 is 1.54 bits per heavy atom. The molecule has 2 N–H and O–H groups in total. The molecule has 13 heavy (non-hydrogen) atoms. The molecule has 0 bridgehead atoms. The van der Waals surface area contributed by atoms with Gasteiger partial charge in [0.1, 0.15) is 0 Å². The van der Waals surface area contributed by atoms with Crippen LogP contribution in [-0.4, -0.2) is 47.0 Å². The SMILES string of the molecule is CNCCS(=O)(=O)NC1CCOC1. The Bertz CT molecular complexity index is 234. The second kappa shape index (κ2) is 4.90. The summed E-state index contributed by atoms with van der Waals surface area (Å²) in [7, 11) is -1.39. The van der Waals surface area contributed by atoms with Crippen molar-refractivity contribution in [3.05, 3.63) is 0 Å².